The van der Waals surface area contributed by atoms with Crippen LogP contribution in [0.1, 0.15) is 24.6 Å². The molecule has 0 amide bonds. The fourth-order valence-electron chi connectivity index (χ4n) is 2.09. The quantitative estimate of drug-likeness (QED) is 0.732. The van der Waals surface area contributed by atoms with Crippen molar-refractivity contribution in [3.8, 4) is 0 Å². The minimum absolute atomic E-state index is 0.693. The third kappa shape index (κ3) is 1.75. The van der Waals surface area contributed by atoms with Gasteiger partial charge in [-0.2, -0.15) is 5.10 Å². The standard InChI is InChI=1S/C10H18N4/c1-2-5-14-6-3-8-9(4-7-14)12-13-10(8)11/h2-7H2,1H3,(H3,11,12,13). The molecule has 0 aromatic carbocycles. The van der Waals surface area contributed by atoms with E-state index in [1.807, 2.05) is 0 Å². The molecule has 0 atom stereocenters. The number of rotatable bonds is 2. The van der Waals surface area contributed by atoms with Crippen LogP contribution in [0.25, 0.3) is 0 Å². The highest BCUT2D eigenvalue weighted by molar-refractivity contribution is 5.42. The monoisotopic (exact) mass is 194 g/mol. The summed E-state index contributed by atoms with van der Waals surface area (Å²) in [5.74, 6) is 0.693. The third-order valence-electron chi connectivity index (χ3n) is 2.88. The van der Waals surface area contributed by atoms with Gasteiger partial charge in [-0.25, -0.2) is 0 Å². The van der Waals surface area contributed by atoms with Gasteiger partial charge in [-0.3, -0.25) is 5.10 Å². The van der Waals surface area contributed by atoms with E-state index in [0.29, 0.717) is 5.82 Å². The molecule has 3 N–H and O–H groups in total. The average molecular weight is 194 g/mol. The van der Waals surface area contributed by atoms with Gasteiger partial charge in [-0.05, 0) is 19.4 Å². The fourth-order valence-corrected chi connectivity index (χ4v) is 2.09. The number of nitrogens with zero attached hydrogens (tertiary/aromatic N) is 2. The number of nitrogen functional groups attached to an aromatic ring is 1. The van der Waals surface area contributed by atoms with Gasteiger partial charge < -0.3 is 10.6 Å². The lowest BCUT2D eigenvalue weighted by atomic mass is 10.1. The number of hydrogen-bond donors (Lipinski definition) is 2. The molecule has 78 valence electrons. The molecule has 0 spiro atoms. The van der Waals surface area contributed by atoms with Crippen molar-refractivity contribution >= 4 is 5.82 Å². The number of anilines is 1. The maximum absolute atomic E-state index is 5.79. The molecule has 0 bridgehead atoms. The maximum atomic E-state index is 5.79. The van der Waals surface area contributed by atoms with E-state index in [1.165, 1.54) is 24.2 Å². The van der Waals surface area contributed by atoms with Crippen molar-refractivity contribution in [2.45, 2.75) is 26.2 Å². The molecule has 0 saturated carbocycles. The van der Waals surface area contributed by atoms with E-state index in [9.17, 15) is 0 Å². The first kappa shape index (κ1) is 9.52. The van der Waals surface area contributed by atoms with Gasteiger partial charge in [-0.1, -0.05) is 6.92 Å². The van der Waals surface area contributed by atoms with Crippen LogP contribution < -0.4 is 5.73 Å². The molecule has 4 heteroatoms. The highest BCUT2D eigenvalue weighted by atomic mass is 15.2. The van der Waals surface area contributed by atoms with E-state index in [0.717, 1.165) is 25.9 Å². The second-order valence-corrected chi connectivity index (χ2v) is 3.91. The number of aromatic amines is 1. The molecule has 1 aliphatic rings. The number of H-pyrrole nitrogens is 1. The van der Waals surface area contributed by atoms with Gasteiger partial charge in [0.1, 0.15) is 5.82 Å². The van der Waals surface area contributed by atoms with Crippen molar-refractivity contribution in [3.05, 3.63) is 11.3 Å². The molecule has 14 heavy (non-hydrogen) atoms. The highest BCUT2D eigenvalue weighted by Gasteiger charge is 2.17. The summed E-state index contributed by atoms with van der Waals surface area (Å²) in [5, 5.41) is 7.07. The van der Waals surface area contributed by atoms with Crippen molar-refractivity contribution in [1.29, 1.82) is 0 Å². The van der Waals surface area contributed by atoms with Crippen LogP contribution in [0.4, 0.5) is 5.82 Å². The molecule has 1 aromatic rings. The molecular formula is C10H18N4. The molecule has 4 nitrogen and oxygen atoms in total. The van der Waals surface area contributed by atoms with Crippen molar-refractivity contribution in [1.82, 2.24) is 15.1 Å². The number of fused-ring (bicyclic) bond motifs is 1. The first-order valence-electron chi connectivity index (χ1n) is 5.35. The van der Waals surface area contributed by atoms with Crippen LogP contribution in [0.15, 0.2) is 0 Å². The summed E-state index contributed by atoms with van der Waals surface area (Å²) >= 11 is 0. The zero-order valence-electron chi connectivity index (χ0n) is 8.71. The summed E-state index contributed by atoms with van der Waals surface area (Å²) < 4.78 is 0. The summed E-state index contributed by atoms with van der Waals surface area (Å²) in [4.78, 5) is 2.49. The molecule has 0 saturated heterocycles. The smallest absolute Gasteiger partial charge is 0.148 e. The Labute approximate surface area is 84.5 Å². The van der Waals surface area contributed by atoms with Gasteiger partial charge in [0.05, 0.1) is 0 Å². The highest BCUT2D eigenvalue weighted by Crippen LogP contribution is 2.18. The van der Waals surface area contributed by atoms with Crippen molar-refractivity contribution in [2.75, 3.05) is 25.4 Å². The predicted octanol–water partition coefficient (Wildman–Crippen LogP) is 0.803. The minimum atomic E-state index is 0.693. The Balaban J connectivity index is 2.07. The Morgan fingerprint density at radius 1 is 1.43 bits per heavy atom. The van der Waals surface area contributed by atoms with Crippen LogP contribution in [0.3, 0.4) is 0 Å². The summed E-state index contributed by atoms with van der Waals surface area (Å²) in [6.45, 7) is 5.66. The van der Waals surface area contributed by atoms with E-state index >= 15 is 0 Å². The lowest BCUT2D eigenvalue weighted by Crippen LogP contribution is -2.27. The predicted molar refractivity (Wildman–Crippen MR) is 57.1 cm³/mol. The van der Waals surface area contributed by atoms with Crippen molar-refractivity contribution < 1.29 is 0 Å². The zero-order valence-corrected chi connectivity index (χ0v) is 8.71. The average Bonchev–Trinajstić information content (AvgIpc) is 2.42. The molecule has 0 aliphatic carbocycles. The van der Waals surface area contributed by atoms with Crippen LogP contribution in [0.5, 0.6) is 0 Å². The first-order valence-corrected chi connectivity index (χ1v) is 5.35. The SMILES string of the molecule is CCCN1CCc2[nH]nc(N)c2CC1. The van der Waals surface area contributed by atoms with Crippen molar-refractivity contribution in [3.63, 3.8) is 0 Å². The molecule has 1 aromatic heterocycles. The summed E-state index contributed by atoms with van der Waals surface area (Å²) in [6.07, 6.45) is 3.32. The van der Waals surface area contributed by atoms with Crippen molar-refractivity contribution in [2.24, 2.45) is 0 Å². The van der Waals surface area contributed by atoms with E-state index in [1.54, 1.807) is 0 Å². The van der Waals surface area contributed by atoms with Crippen LogP contribution in [0, 0.1) is 0 Å². The summed E-state index contributed by atoms with van der Waals surface area (Å²) in [7, 11) is 0. The first-order chi connectivity index (χ1) is 6.81. The van der Waals surface area contributed by atoms with Gasteiger partial charge in [0, 0.05) is 30.8 Å². The second-order valence-electron chi connectivity index (χ2n) is 3.91. The Hall–Kier alpha value is -1.03. The molecule has 0 radical (unpaired) electrons. The number of hydrogen-bond acceptors (Lipinski definition) is 3. The largest absolute Gasteiger partial charge is 0.382 e. The third-order valence-corrected chi connectivity index (χ3v) is 2.88. The van der Waals surface area contributed by atoms with Gasteiger partial charge in [0.25, 0.3) is 0 Å². The molecular weight excluding hydrogens is 176 g/mol. The number of aromatic nitrogens is 2. The Bertz CT molecular complexity index is 305. The Kier molecular flexibility index (Phi) is 2.72. The molecule has 0 fully saturated rings. The van der Waals surface area contributed by atoms with Crippen LogP contribution in [-0.4, -0.2) is 34.7 Å². The normalized spacial score (nSPS) is 17.8. The fraction of sp³-hybridized carbons (Fsp3) is 0.700. The van der Waals surface area contributed by atoms with Crippen LogP contribution >= 0.6 is 0 Å². The zero-order chi connectivity index (χ0) is 9.97. The molecule has 1 aliphatic heterocycles. The second kappa shape index (κ2) is 4.00. The van der Waals surface area contributed by atoms with E-state index in [-0.39, 0.29) is 0 Å². The maximum Gasteiger partial charge on any atom is 0.148 e. The summed E-state index contributed by atoms with van der Waals surface area (Å²) in [6, 6.07) is 0. The topological polar surface area (TPSA) is 57.9 Å². The Morgan fingerprint density at radius 3 is 3.00 bits per heavy atom. The van der Waals surface area contributed by atoms with Gasteiger partial charge in [0.15, 0.2) is 0 Å². The summed E-state index contributed by atoms with van der Waals surface area (Å²) in [5.41, 5.74) is 8.27. The molecule has 2 rings (SSSR count). The van der Waals surface area contributed by atoms with Crippen LogP contribution in [0.2, 0.25) is 0 Å². The van der Waals surface area contributed by atoms with E-state index in [4.69, 9.17) is 5.73 Å². The number of nitrogens with two attached hydrogens (primary N) is 1. The van der Waals surface area contributed by atoms with Gasteiger partial charge >= 0.3 is 0 Å². The van der Waals surface area contributed by atoms with E-state index in [2.05, 4.69) is 22.0 Å². The minimum Gasteiger partial charge on any atom is -0.382 e. The number of nitrogens with one attached hydrogen (secondary N) is 1. The van der Waals surface area contributed by atoms with Crippen LogP contribution in [-0.2, 0) is 12.8 Å². The Morgan fingerprint density at radius 2 is 2.21 bits per heavy atom. The lowest BCUT2D eigenvalue weighted by molar-refractivity contribution is 0.287. The molecule has 2 heterocycles. The lowest BCUT2D eigenvalue weighted by Gasteiger charge is -2.18. The van der Waals surface area contributed by atoms with Gasteiger partial charge in [-0.15, -0.1) is 0 Å². The van der Waals surface area contributed by atoms with Gasteiger partial charge in [0.2, 0.25) is 0 Å². The van der Waals surface area contributed by atoms with E-state index < -0.39 is 0 Å². The molecule has 0 unspecified atom stereocenters.